The lowest BCUT2D eigenvalue weighted by molar-refractivity contribution is -0.126. The lowest BCUT2D eigenvalue weighted by atomic mass is 9.78. The van der Waals surface area contributed by atoms with Crippen molar-refractivity contribution in [2.75, 3.05) is 4.90 Å². The lowest BCUT2D eigenvalue weighted by Gasteiger charge is -2.26. The minimum absolute atomic E-state index is 0.0688. The second-order valence-electron chi connectivity index (χ2n) is 5.86. The average Bonchev–Trinajstić information content (AvgIpc) is 2.61. The van der Waals surface area contributed by atoms with Crippen LogP contribution in [0.4, 0.5) is 5.69 Å². The van der Waals surface area contributed by atoms with Gasteiger partial charge < -0.3 is 0 Å². The predicted octanol–water partition coefficient (Wildman–Crippen LogP) is 2.79. The van der Waals surface area contributed by atoms with Crippen LogP contribution in [-0.4, -0.2) is 11.8 Å². The highest BCUT2D eigenvalue weighted by Gasteiger charge is 2.51. The maximum absolute atomic E-state index is 12.7. The van der Waals surface area contributed by atoms with Gasteiger partial charge in [-0.25, -0.2) is 4.90 Å². The van der Waals surface area contributed by atoms with Crippen LogP contribution in [0.5, 0.6) is 0 Å². The predicted molar refractivity (Wildman–Crippen MR) is 75.9 cm³/mol. The smallest absolute Gasteiger partial charge is 0.240 e. The Labute approximate surface area is 119 Å². The van der Waals surface area contributed by atoms with Gasteiger partial charge in [0.1, 0.15) is 6.07 Å². The molecular formula is C16H18N2O2. The van der Waals surface area contributed by atoms with Crippen LogP contribution in [0.25, 0.3) is 0 Å². The second kappa shape index (κ2) is 4.75. The number of benzene rings is 1. The molecule has 1 aromatic carbocycles. The third-order valence-electron chi connectivity index (χ3n) is 4.34. The topological polar surface area (TPSA) is 61.2 Å². The van der Waals surface area contributed by atoms with Gasteiger partial charge in [-0.15, -0.1) is 0 Å². The first-order chi connectivity index (χ1) is 9.32. The lowest BCUT2D eigenvalue weighted by Crippen LogP contribution is -2.37. The molecule has 1 saturated heterocycles. The van der Waals surface area contributed by atoms with Crippen molar-refractivity contribution >= 4 is 17.5 Å². The van der Waals surface area contributed by atoms with Gasteiger partial charge in [0.25, 0.3) is 0 Å². The maximum atomic E-state index is 12.7. The monoisotopic (exact) mass is 270 g/mol. The quantitative estimate of drug-likeness (QED) is 0.776. The van der Waals surface area contributed by atoms with Crippen molar-refractivity contribution in [2.24, 2.45) is 11.3 Å². The van der Waals surface area contributed by atoms with Crippen LogP contribution in [0.3, 0.4) is 0 Å². The molecule has 0 saturated carbocycles. The van der Waals surface area contributed by atoms with Gasteiger partial charge in [-0.2, -0.15) is 5.26 Å². The van der Waals surface area contributed by atoms with E-state index in [1.807, 2.05) is 20.8 Å². The molecule has 1 aliphatic rings. The largest absolute Gasteiger partial charge is 0.274 e. The number of amides is 2. The number of nitriles is 1. The molecule has 2 amide bonds. The van der Waals surface area contributed by atoms with Crippen molar-refractivity contribution in [3.05, 3.63) is 29.3 Å². The van der Waals surface area contributed by atoms with Gasteiger partial charge in [0, 0.05) is 6.42 Å². The summed E-state index contributed by atoms with van der Waals surface area (Å²) in [6.07, 6.45) is 0.197. The van der Waals surface area contributed by atoms with Crippen molar-refractivity contribution in [3.63, 3.8) is 0 Å². The van der Waals surface area contributed by atoms with E-state index in [2.05, 4.69) is 6.07 Å². The Morgan fingerprint density at radius 3 is 2.50 bits per heavy atom. The summed E-state index contributed by atoms with van der Waals surface area (Å²) < 4.78 is 0. The normalized spacial score (nSPS) is 22.5. The van der Waals surface area contributed by atoms with Crippen LogP contribution in [0.2, 0.25) is 0 Å². The summed E-state index contributed by atoms with van der Waals surface area (Å²) in [5, 5.41) is 9.27. The number of carbonyl (C=O) groups excluding carboxylic acids is 2. The number of anilines is 1. The Morgan fingerprint density at radius 2 is 2.00 bits per heavy atom. The van der Waals surface area contributed by atoms with Gasteiger partial charge in [-0.3, -0.25) is 9.59 Å². The third-order valence-corrected chi connectivity index (χ3v) is 4.34. The zero-order chi connectivity index (χ0) is 15.1. The molecular weight excluding hydrogens is 252 g/mol. The van der Waals surface area contributed by atoms with Crippen LogP contribution < -0.4 is 4.90 Å². The molecule has 1 fully saturated rings. The standard InChI is InChI=1S/C16H18N2O2/c1-10(2)16(4)8-14(19)18(15(16)20)13-7-5-6-11(3)12(13)9-17/h5-7,10H,8H2,1-4H3. The zero-order valence-corrected chi connectivity index (χ0v) is 12.2. The number of hydrogen-bond acceptors (Lipinski definition) is 3. The maximum Gasteiger partial charge on any atom is 0.240 e. The highest BCUT2D eigenvalue weighted by atomic mass is 16.2. The van der Waals surface area contributed by atoms with Crippen molar-refractivity contribution in [1.82, 2.24) is 0 Å². The molecule has 0 radical (unpaired) electrons. The first kappa shape index (κ1) is 14.3. The summed E-state index contributed by atoms with van der Waals surface area (Å²) in [5.74, 6) is -0.368. The Kier molecular flexibility index (Phi) is 3.39. The van der Waals surface area contributed by atoms with Crippen LogP contribution in [0.15, 0.2) is 18.2 Å². The minimum atomic E-state index is -0.687. The Bertz CT molecular complexity index is 628. The van der Waals surface area contributed by atoms with E-state index in [0.717, 1.165) is 5.56 Å². The first-order valence-electron chi connectivity index (χ1n) is 6.70. The molecule has 0 spiro atoms. The van der Waals surface area contributed by atoms with Crippen molar-refractivity contribution in [3.8, 4) is 6.07 Å². The molecule has 0 aromatic heterocycles. The van der Waals surface area contributed by atoms with Gasteiger partial charge >= 0.3 is 0 Å². The van der Waals surface area contributed by atoms with Crippen LogP contribution >= 0.6 is 0 Å². The van der Waals surface area contributed by atoms with E-state index in [0.29, 0.717) is 11.3 Å². The summed E-state index contributed by atoms with van der Waals surface area (Å²) in [4.78, 5) is 26.1. The van der Waals surface area contributed by atoms with E-state index >= 15 is 0 Å². The molecule has 1 heterocycles. The molecule has 20 heavy (non-hydrogen) atoms. The summed E-state index contributed by atoms with van der Waals surface area (Å²) in [5.41, 5.74) is 0.880. The Hall–Kier alpha value is -2.15. The molecule has 0 N–H and O–H groups in total. The second-order valence-corrected chi connectivity index (χ2v) is 5.86. The summed E-state index contributed by atoms with van der Waals surface area (Å²) in [6.45, 7) is 7.50. The van der Waals surface area contributed by atoms with Crippen LogP contribution in [-0.2, 0) is 9.59 Å². The summed E-state index contributed by atoms with van der Waals surface area (Å²) in [6, 6.07) is 7.31. The highest BCUT2D eigenvalue weighted by Crippen LogP contribution is 2.42. The van der Waals surface area contributed by atoms with Gasteiger partial charge in [-0.1, -0.05) is 26.0 Å². The van der Waals surface area contributed by atoms with Gasteiger partial charge in [0.15, 0.2) is 0 Å². The zero-order valence-electron chi connectivity index (χ0n) is 12.2. The van der Waals surface area contributed by atoms with Crippen LogP contribution in [0.1, 0.15) is 38.3 Å². The van der Waals surface area contributed by atoms with E-state index in [4.69, 9.17) is 0 Å². The Morgan fingerprint density at radius 1 is 1.35 bits per heavy atom. The third kappa shape index (κ3) is 1.90. The van der Waals surface area contributed by atoms with E-state index in [9.17, 15) is 14.9 Å². The number of nitrogens with zero attached hydrogens (tertiary/aromatic N) is 2. The molecule has 4 heteroatoms. The fourth-order valence-corrected chi connectivity index (χ4v) is 2.52. The molecule has 1 unspecified atom stereocenters. The summed E-state index contributed by atoms with van der Waals surface area (Å²) in [7, 11) is 0. The molecule has 1 aromatic rings. The first-order valence-corrected chi connectivity index (χ1v) is 6.70. The number of hydrogen-bond donors (Lipinski definition) is 0. The number of imide groups is 1. The van der Waals surface area contributed by atoms with E-state index in [-0.39, 0.29) is 24.2 Å². The molecule has 2 rings (SSSR count). The molecule has 1 atom stereocenters. The summed E-state index contributed by atoms with van der Waals surface area (Å²) >= 11 is 0. The van der Waals surface area contributed by atoms with Gasteiger partial charge in [0.05, 0.1) is 16.7 Å². The van der Waals surface area contributed by atoms with Gasteiger partial charge in [0.2, 0.25) is 11.8 Å². The molecule has 104 valence electrons. The molecule has 4 nitrogen and oxygen atoms in total. The SMILES string of the molecule is Cc1cccc(N2C(=O)CC(C)(C(C)C)C2=O)c1C#N. The van der Waals surface area contributed by atoms with Gasteiger partial charge in [-0.05, 0) is 31.4 Å². The van der Waals surface area contributed by atoms with Crippen molar-refractivity contribution in [2.45, 2.75) is 34.1 Å². The number of aryl methyl sites for hydroxylation is 1. The highest BCUT2D eigenvalue weighted by molar-refractivity contribution is 6.23. The van der Waals surface area contributed by atoms with Crippen LogP contribution in [0, 0.1) is 29.6 Å². The fourth-order valence-electron chi connectivity index (χ4n) is 2.52. The van der Waals surface area contributed by atoms with E-state index in [1.165, 1.54) is 4.90 Å². The number of rotatable bonds is 2. The minimum Gasteiger partial charge on any atom is -0.274 e. The van der Waals surface area contributed by atoms with Crippen molar-refractivity contribution < 1.29 is 9.59 Å². The molecule has 0 aliphatic carbocycles. The van der Waals surface area contributed by atoms with E-state index in [1.54, 1.807) is 25.1 Å². The average molecular weight is 270 g/mol. The molecule has 0 bridgehead atoms. The fraction of sp³-hybridized carbons (Fsp3) is 0.438. The molecule has 1 aliphatic heterocycles. The van der Waals surface area contributed by atoms with Crippen molar-refractivity contribution in [1.29, 1.82) is 5.26 Å². The Balaban J connectivity index is 2.56. The van der Waals surface area contributed by atoms with E-state index < -0.39 is 5.41 Å². The number of carbonyl (C=O) groups is 2.